The molecule has 5 nitrogen and oxygen atoms in total. The summed E-state index contributed by atoms with van der Waals surface area (Å²) in [5.74, 6) is 0.767. The van der Waals surface area contributed by atoms with Gasteiger partial charge in [0, 0.05) is 12.3 Å². The summed E-state index contributed by atoms with van der Waals surface area (Å²) in [6, 6.07) is 7.19. The number of anilines is 1. The standard InChI is InChI=1S/C14H20N2O3/c1-10-13(6-8-18-10)14(17)16-7-9-19-12-4-2-11(15)3-5-12/h2-5,10,13H,6-9,15H2,1H3,(H,16,17). The third-order valence-corrected chi connectivity index (χ3v) is 3.26. The lowest BCUT2D eigenvalue weighted by Crippen LogP contribution is -2.36. The number of nitrogen functional groups attached to an aromatic ring is 1. The van der Waals surface area contributed by atoms with Gasteiger partial charge in [-0.15, -0.1) is 0 Å². The Morgan fingerprint density at radius 3 is 2.84 bits per heavy atom. The third kappa shape index (κ3) is 3.86. The minimum atomic E-state index is -0.0310. The molecule has 2 atom stereocenters. The fourth-order valence-electron chi connectivity index (χ4n) is 2.11. The quantitative estimate of drug-likeness (QED) is 0.619. The van der Waals surface area contributed by atoms with E-state index >= 15 is 0 Å². The van der Waals surface area contributed by atoms with E-state index in [4.69, 9.17) is 15.2 Å². The van der Waals surface area contributed by atoms with E-state index in [1.807, 2.05) is 19.1 Å². The second kappa shape index (κ2) is 6.43. The maximum atomic E-state index is 11.8. The largest absolute Gasteiger partial charge is 0.492 e. The first kappa shape index (κ1) is 13.7. The predicted octanol–water partition coefficient (Wildman–Crippen LogP) is 1.19. The molecule has 1 saturated heterocycles. The normalized spacial score (nSPS) is 22.2. The Labute approximate surface area is 113 Å². The van der Waals surface area contributed by atoms with Gasteiger partial charge in [-0.2, -0.15) is 0 Å². The predicted molar refractivity (Wildman–Crippen MR) is 72.9 cm³/mol. The van der Waals surface area contributed by atoms with E-state index in [9.17, 15) is 4.79 Å². The lowest BCUT2D eigenvalue weighted by Gasteiger charge is -2.14. The first-order valence-electron chi connectivity index (χ1n) is 6.54. The van der Waals surface area contributed by atoms with Crippen molar-refractivity contribution in [2.45, 2.75) is 19.4 Å². The molecule has 1 fully saturated rings. The fourth-order valence-corrected chi connectivity index (χ4v) is 2.11. The Bertz CT molecular complexity index is 419. The summed E-state index contributed by atoms with van der Waals surface area (Å²) in [4.78, 5) is 11.8. The zero-order chi connectivity index (χ0) is 13.7. The molecule has 1 heterocycles. The lowest BCUT2D eigenvalue weighted by atomic mass is 10.0. The van der Waals surface area contributed by atoms with Crippen LogP contribution in [0.1, 0.15) is 13.3 Å². The zero-order valence-corrected chi connectivity index (χ0v) is 11.1. The van der Waals surface area contributed by atoms with E-state index < -0.39 is 0 Å². The Kier molecular flexibility index (Phi) is 4.63. The first-order chi connectivity index (χ1) is 9.16. The average Bonchev–Trinajstić information content (AvgIpc) is 2.83. The molecule has 19 heavy (non-hydrogen) atoms. The van der Waals surface area contributed by atoms with Gasteiger partial charge in [-0.05, 0) is 37.6 Å². The number of benzene rings is 1. The van der Waals surface area contributed by atoms with Crippen molar-refractivity contribution in [3.63, 3.8) is 0 Å². The van der Waals surface area contributed by atoms with Crippen LogP contribution in [0.25, 0.3) is 0 Å². The molecule has 2 rings (SSSR count). The van der Waals surface area contributed by atoms with Gasteiger partial charge < -0.3 is 20.5 Å². The van der Waals surface area contributed by atoms with Gasteiger partial charge in [0.15, 0.2) is 0 Å². The van der Waals surface area contributed by atoms with Crippen molar-refractivity contribution in [1.29, 1.82) is 0 Å². The first-order valence-corrected chi connectivity index (χ1v) is 6.54. The molecular formula is C14H20N2O3. The third-order valence-electron chi connectivity index (χ3n) is 3.26. The van der Waals surface area contributed by atoms with Crippen molar-refractivity contribution in [3.05, 3.63) is 24.3 Å². The molecule has 0 saturated carbocycles. The topological polar surface area (TPSA) is 73.6 Å². The minimum absolute atomic E-state index is 0.0121. The highest BCUT2D eigenvalue weighted by atomic mass is 16.5. The molecule has 1 aromatic carbocycles. The molecule has 1 aliphatic rings. The number of nitrogens with two attached hydrogens (primary N) is 1. The maximum Gasteiger partial charge on any atom is 0.225 e. The van der Waals surface area contributed by atoms with Crippen LogP contribution in [0.3, 0.4) is 0 Å². The van der Waals surface area contributed by atoms with Gasteiger partial charge in [0.1, 0.15) is 12.4 Å². The van der Waals surface area contributed by atoms with Crippen molar-refractivity contribution in [3.8, 4) is 5.75 Å². The smallest absolute Gasteiger partial charge is 0.225 e. The molecule has 3 N–H and O–H groups in total. The summed E-state index contributed by atoms with van der Waals surface area (Å²) >= 11 is 0. The van der Waals surface area contributed by atoms with Crippen molar-refractivity contribution in [1.82, 2.24) is 5.32 Å². The average molecular weight is 264 g/mol. The van der Waals surface area contributed by atoms with Crippen LogP contribution < -0.4 is 15.8 Å². The number of ether oxygens (including phenoxy) is 2. The van der Waals surface area contributed by atoms with Crippen molar-refractivity contribution >= 4 is 11.6 Å². The van der Waals surface area contributed by atoms with Crippen LogP contribution in [0.5, 0.6) is 5.75 Å². The second-order valence-electron chi connectivity index (χ2n) is 4.68. The summed E-state index contributed by atoms with van der Waals surface area (Å²) in [7, 11) is 0. The van der Waals surface area contributed by atoms with Crippen LogP contribution in [-0.4, -0.2) is 31.8 Å². The molecular weight excluding hydrogens is 244 g/mol. The van der Waals surface area contributed by atoms with Gasteiger partial charge in [0.05, 0.1) is 18.6 Å². The van der Waals surface area contributed by atoms with Crippen LogP contribution in [0.2, 0.25) is 0 Å². The van der Waals surface area contributed by atoms with Crippen molar-refractivity contribution < 1.29 is 14.3 Å². The van der Waals surface area contributed by atoms with E-state index in [2.05, 4.69) is 5.32 Å². The molecule has 0 aromatic heterocycles. The number of amides is 1. The zero-order valence-electron chi connectivity index (χ0n) is 11.1. The highest BCUT2D eigenvalue weighted by Gasteiger charge is 2.30. The molecule has 0 aliphatic carbocycles. The SMILES string of the molecule is CC1OCCC1C(=O)NCCOc1ccc(N)cc1. The molecule has 2 unspecified atom stereocenters. The van der Waals surface area contributed by atoms with Crippen LogP contribution in [0.15, 0.2) is 24.3 Å². The Morgan fingerprint density at radius 1 is 1.47 bits per heavy atom. The Balaban J connectivity index is 1.66. The van der Waals surface area contributed by atoms with Crippen LogP contribution in [0.4, 0.5) is 5.69 Å². The Hall–Kier alpha value is -1.75. The minimum Gasteiger partial charge on any atom is -0.492 e. The number of carbonyl (C=O) groups excluding carboxylic acids is 1. The number of nitrogens with one attached hydrogen (secondary N) is 1. The van der Waals surface area contributed by atoms with Crippen LogP contribution in [0, 0.1) is 5.92 Å². The van der Waals surface area contributed by atoms with E-state index in [1.165, 1.54) is 0 Å². The molecule has 0 bridgehead atoms. The molecule has 0 radical (unpaired) electrons. The molecule has 1 aromatic rings. The number of hydrogen-bond acceptors (Lipinski definition) is 4. The van der Waals surface area contributed by atoms with E-state index in [-0.39, 0.29) is 17.9 Å². The van der Waals surface area contributed by atoms with Crippen molar-refractivity contribution in [2.24, 2.45) is 5.92 Å². The van der Waals surface area contributed by atoms with Gasteiger partial charge in [-0.25, -0.2) is 0 Å². The summed E-state index contributed by atoms with van der Waals surface area (Å²) < 4.78 is 10.9. The summed E-state index contributed by atoms with van der Waals surface area (Å²) in [6.45, 7) is 3.54. The van der Waals surface area contributed by atoms with E-state index in [0.717, 1.165) is 12.2 Å². The van der Waals surface area contributed by atoms with Gasteiger partial charge in [0.25, 0.3) is 0 Å². The van der Waals surface area contributed by atoms with Crippen LogP contribution in [-0.2, 0) is 9.53 Å². The van der Waals surface area contributed by atoms with Gasteiger partial charge >= 0.3 is 0 Å². The molecule has 1 aliphatic heterocycles. The van der Waals surface area contributed by atoms with E-state index in [1.54, 1.807) is 12.1 Å². The second-order valence-corrected chi connectivity index (χ2v) is 4.68. The lowest BCUT2D eigenvalue weighted by molar-refractivity contribution is -0.126. The fraction of sp³-hybridized carbons (Fsp3) is 0.500. The summed E-state index contributed by atoms with van der Waals surface area (Å²) in [5.41, 5.74) is 6.28. The number of hydrogen-bond donors (Lipinski definition) is 2. The summed E-state index contributed by atoms with van der Waals surface area (Å²) in [5, 5.41) is 2.87. The Morgan fingerprint density at radius 2 is 2.21 bits per heavy atom. The molecule has 0 spiro atoms. The molecule has 1 amide bonds. The molecule has 5 heteroatoms. The van der Waals surface area contributed by atoms with E-state index in [0.29, 0.717) is 25.4 Å². The number of rotatable bonds is 5. The van der Waals surface area contributed by atoms with Crippen LogP contribution >= 0.6 is 0 Å². The highest BCUT2D eigenvalue weighted by Crippen LogP contribution is 2.20. The number of carbonyl (C=O) groups is 1. The monoisotopic (exact) mass is 264 g/mol. The van der Waals surface area contributed by atoms with Gasteiger partial charge in [-0.3, -0.25) is 4.79 Å². The van der Waals surface area contributed by atoms with Gasteiger partial charge in [0.2, 0.25) is 5.91 Å². The van der Waals surface area contributed by atoms with Gasteiger partial charge in [-0.1, -0.05) is 0 Å². The highest BCUT2D eigenvalue weighted by molar-refractivity contribution is 5.79. The van der Waals surface area contributed by atoms with Crippen molar-refractivity contribution in [2.75, 3.05) is 25.5 Å². The maximum absolute atomic E-state index is 11.8. The molecule has 104 valence electrons. The summed E-state index contributed by atoms with van der Waals surface area (Å²) in [6.07, 6.45) is 0.809.